The van der Waals surface area contributed by atoms with Crippen LogP contribution in [0.1, 0.15) is 97.6 Å². The molecule has 0 aromatic heterocycles. The fraction of sp³-hybridized carbons (Fsp3) is 0.765. The zero-order chi connectivity index (χ0) is 57.3. The molecule has 4 aliphatic rings. The monoisotopic (exact) mass is 1190 g/mol. The minimum atomic E-state index is -4.96. The minimum Gasteiger partial charge on any atom is -0.445 e. The van der Waals surface area contributed by atoms with Crippen molar-refractivity contribution in [1.29, 1.82) is 0 Å². The van der Waals surface area contributed by atoms with Crippen LogP contribution in [0.2, 0.25) is 0 Å². The SMILES string of the molecule is C.C.C.C.CC(C)(C)OC(=O)N1CC(O)C(CN)C1.CC(C)(C)OC(=O)N1CC(O)C(CNC(=O)C(F)(F)F)C1.CC(C)(C)OC(=O)N1CC(O)C(CNC(=O)OCc2ccccc2)C1.Cl.O=C(NCC1CNCC1O)C(F)(F)F. The molecule has 0 aliphatic carbocycles. The molecule has 1 aromatic carbocycles. The number of likely N-dealkylation sites (tertiary alicyclic amines) is 3. The standard InChI is InChI=1S/C18H26N2O5.C12H19F3N2O4.C10H20N2O3.C7H11F3N2O2.4CH4.ClH/c1-18(2,3)25-17(23)20-10-14(15(21)11-20)9-19-16(22)24-12-13-7-5-4-6-8-13;1-11(2,3)21-10(20)17-5-7(8(18)6-17)4-16-9(19)12(13,14)15;1-10(2,3)15-9(14)12-5-7(4-11)8(13)6-12;8-7(9,10)6(14)12-2-4-1-11-3-5(4)13;;;;;/h4-8,14-15,21H,9-12H2,1-3H3,(H,19,22);7-8,18H,4-6H2,1-3H3,(H,16,19);7-8,13H,4-6,11H2,1-3H3;4-5,11,13H,1-3H2,(H,12,14);4*1H4;1H. The maximum Gasteiger partial charge on any atom is 0.471 e. The third kappa shape index (κ3) is 31.2. The van der Waals surface area contributed by atoms with E-state index in [1.807, 2.05) is 51.1 Å². The molecule has 4 heterocycles. The Bertz CT molecular complexity index is 2000. The average molecular weight is 1190 g/mol. The van der Waals surface area contributed by atoms with Crippen LogP contribution in [0.15, 0.2) is 30.3 Å². The Kier molecular flexibility index (Phi) is 36.3. The van der Waals surface area contributed by atoms with Crippen molar-refractivity contribution < 1.29 is 94.5 Å². The zero-order valence-corrected chi connectivity index (χ0v) is 45.0. The third-order valence-corrected chi connectivity index (χ3v) is 11.1. The van der Waals surface area contributed by atoms with Gasteiger partial charge in [-0.1, -0.05) is 60.0 Å². The van der Waals surface area contributed by atoms with Gasteiger partial charge in [-0.25, -0.2) is 19.2 Å². The number of aliphatic hydroxyl groups excluding tert-OH is 4. The van der Waals surface area contributed by atoms with Gasteiger partial charge in [0.15, 0.2) is 0 Å². The molecule has 1 aromatic rings. The van der Waals surface area contributed by atoms with Gasteiger partial charge in [-0.05, 0) is 74.4 Å². The number of nitrogens with zero attached hydrogens (tertiary/aromatic N) is 3. The molecule has 470 valence electrons. The molecule has 0 spiro atoms. The lowest BCUT2D eigenvalue weighted by molar-refractivity contribution is -0.173. The van der Waals surface area contributed by atoms with Crippen LogP contribution in [0.25, 0.3) is 0 Å². The minimum absolute atomic E-state index is 0. The number of halogens is 7. The largest absolute Gasteiger partial charge is 0.471 e. The van der Waals surface area contributed by atoms with E-state index in [1.165, 1.54) is 14.7 Å². The number of alkyl carbamates (subject to hydrolysis) is 1. The summed E-state index contributed by atoms with van der Waals surface area (Å²) in [6, 6.07) is 9.37. The lowest BCUT2D eigenvalue weighted by atomic mass is 10.1. The van der Waals surface area contributed by atoms with Crippen molar-refractivity contribution in [2.24, 2.45) is 29.4 Å². The fourth-order valence-corrected chi connectivity index (χ4v) is 7.19. The van der Waals surface area contributed by atoms with E-state index in [-0.39, 0.29) is 112 Å². The lowest BCUT2D eigenvalue weighted by Gasteiger charge is -2.24. The first-order chi connectivity index (χ1) is 34.4. The molecule has 80 heavy (non-hydrogen) atoms. The van der Waals surface area contributed by atoms with Crippen LogP contribution in [0, 0.1) is 23.7 Å². The van der Waals surface area contributed by atoms with Crippen LogP contribution in [0.5, 0.6) is 0 Å². The average Bonchev–Trinajstić information content (AvgIpc) is 4.07. The number of carbonyl (C=O) groups is 6. The number of benzene rings is 1. The molecular weight excluding hydrogens is 1100 g/mol. The number of nitrogens with one attached hydrogen (secondary N) is 4. The van der Waals surface area contributed by atoms with Crippen molar-refractivity contribution in [2.75, 3.05) is 78.5 Å². The van der Waals surface area contributed by atoms with Crippen molar-refractivity contribution in [2.45, 2.75) is 152 Å². The van der Waals surface area contributed by atoms with Crippen molar-refractivity contribution in [1.82, 2.24) is 36.0 Å². The first kappa shape index (κ1) is 81.3. The molecule has 0 radical (unpaired) electrons. The van der Waals surface area contributed by atoms with Crippen molar-refractivity contribution in [3.05, 3.63) is 35.9 Å². The van der Waals surface area contributed by atoms with E-state index in [9.17, 15) is 75.5 Å². The van der Waals surface area contributed by atoms with Crippen LogP contribution in [0.4, 0.5) is 45.5 Å². The molecule has 4 fully saturated rings. The van der Waals surface area contributed by atoms with Crippen LogP contribution < -0.4 is 27.0 Å². The summed E-state index contributed by atoms with van der Waals surface area (Å²) in [7, 11) is 0. The highest BCUT2D eigenvalue weighted by Crippen LogP contribution is 2.23. The number of hydrogen-bond donors (Lipinski definition) is 9. The van der Waals surface area contributed by atoms with E-state index in [4.69, 9.17) is 24.7 Å². The van der Waals surface area contributed by atoms with Crippen molar-refractivity contribution in [3.8, 4) is 0 Å². The van der Waals surface area contributed by atoms with Crippen LogP contribution in [-0.4, -0.2) is 203 Å². The van der Waals surface area contributed by atoms with Crippen LogP contribution >= 0.6 is 12.4 Å². The number of aliphatic hydroxyl groups is 4. The molecule has 5 rings (SSSR count). The second-order valence-corrected chi connectivity index (χ2v) is 21.2. The zero-order valence-electron chi connectivity index (χ0n) is 44.2. The maximum absolute atomic E-state index is 12.1. The Morgan fingerprint density at radius 3 is 1.19 bits per heavy atom. The summed E-state index contributed by atoms with van der Waals surface area (Å²) in [4.78, 5) is 72.5. The second kappa shape index (κ2) is 35.7. The normalized spacial score (nSPS) is 22.3. The van der Waals surface area contributed by atoms with Gasteiger partial charge in [0.25, 0.3) is 0 Å². The van der Waals surface area contributed by atoms with Gasteiger partial charge in [0, 0.05) is 76.0 Å². The molecule has 8 atom stereocenters. The summed E-state index contributed by atoms with van der Waals surface area (Å²) in [5.41, 5.74) is 4.59. The highest BCUT2D eigenvalue weighted by molar-refractivity contribution is 5.85. The number of rotatable bonds is 9. The molecule has 4 aliphatic heterocycles. The van der Waals surface area contributed by atoms with Gasteiger partial charge in [-0.3, -0.25) is 9.59 Å². The number of amides is 6. The van der Waals surface area contributed by atoms with E-state index >= 15 is 0 Å². The third-order valence-electron chi connectivity index (χ3n) is 11.1. The van der Waals surface area contributed by atoms with Gasteiger partial charge in [-0.15, -0.1) is 12.4 Å². The van der Waals surface area contributed by atoms with Gasteiger partial charge in [-0.2, -0.15) is 26.3 Å². The highest BCUT2D eigenvalue weighted by Gasteiger charge is 2.42. The quantitative estimate of drug-likeness (QED) is 0.110. The summed E-state index contributed by atoms with van der Waals surface area (Å²) >= 11 is 0. The molecule has 6 amide bonds. The molecule has 0 bridgehead atoms. The summed E-state index contributed by atoms with van der Waals surface area (Å²) < 4.78 is 92.1. The second-order valence-electron chi connectivity index (χ2n) is 21.2. The topological polar surface area (TPSA) is 304 Å². The van der Waals surface area contributed by atoms with E-state index in [1.54, 1.807) is 52.2 Å². The first-order valence-corrected chi connectivity index (χ1v) is 24.1. The Morgan fingerprint density at radius 1 is 0.537 bits per heavy atom. The Balaban J connectivity index is -0.000000483. The Morgan fingerprint density at radius 2 is 0.875 bits per heavy atom. The molecule has 10 N–H and O–H groups in total. The summed E-state index contributed by atoms with van der Waals surface area (Å²) in [5, 5.41) is 47.5. The van der Waals surface area contributed by atoms with Gasteiger partial charge < -0.3 is 81.1 Å². The number of alkyl halides is 6. The Labute approximate surface area is 473 Å². The first-order valence-electron chi connectivity index (χ1n) is 24.1. The number of carbonyl (C=O) groups excluding carboxylic acids is 6. The summed E-state index contributed by atoms with van der Waals surface area (Å²) in [6.45, 7) is 18.2. The van der Waals surface area contributed by atoms with Gasteiger partial charge in [0.05, 0.1) is 44.1 Å². The number of ether oxygens (including phenoxy) is 4. The van der Waals surface area contributed by atoms with Crippen LogP contribution in [-0.2, 0) is 35.1 Å². The summed E-state index contributed by atoms with van der Waals surface area (Å²) in [5.74, 6) is -5.32. The molecule has 4 saturated heterocycles. The van der Waals surface area contributed by atoms with E-state index in [2.05, 4.69) is 10.6 Å². The number of nitrogens with two attached hydrogens (primary N) is 1. The predicted octanol–water partition coefficient (Wildman–Crippen LogP) is 5.42. The van der Waals surface area contributed by atoms with Gasteiger partial charge in [0.2, 0.25) is 0 Å². The molecule has 29 heteroatoms. The van der Waals surface area contributed by atoms with Crippen LogP contribution in [0.3, 0.4) is 0 Å². The van der Waals surface area contributed by atoms with Crippen molar-refractivity contribution in [3.63, 3.8) is 0 Å². The van der Waals surface area contributed by atoms with Crippen molar-refractivity contribution >= 4 is 48.6 Å². The fourth-order valence-electron chi connectivity index (χ4n) is 7.19. The maximum atomic E-state index is 12.1. The lowest BCUT2D eigenvalue weighted by Crippen LogP contribution is -2.41. The Hall–Kier alpha value is -5.13. The van der Waals surface area contributed by atoms with E-state index < -0.39 is 89.6 Å². The van der Waals surface area contributed by atoms with Gasteiger partial charge >= 0.3 is 48.5 Å². The van der Waals surface area contributed by atoms with Gasteiger partial charge in [0.1, 0.15) is 23.4 Å². The number of β-amino-alcohol motifs (C(OH)–C–C–N with tert-alkyl or cyclic N) is 4. The highest BCUT2D eigenvalue weighted by atomic mass is 35.5. The summed E-state index contributed by atoms with van der Waals surface area (Å²) in [6.07, 6.45) is -14.8. The van der Waals surface area contributed by atoms with E-state index in [0.29, 0.717) is 39.3 Å². The van der Waals surface area contributed by atoms with E-state index in [0.717, 1.165) is 5.56 Å². The molecular formula is C51H93ClF6N8O14. The smallest absolute Gasteiger partial charge is 0.445 e. The molecule has 0 saturated carbocycles. The number of hydrogen-bond acceptors (Lipinski definition) is 16. The molecule has 22 nitrogen and oxygen atoms in total. The molecule has 8 unspecified atom stereocenters. The predicted molar refractivity (Wildman–Crippen MR) is 290 cm³/mol.